The molecule has 4 nitrogen and oxygen atoms in total. The third-order valence-corrected chi connectivity index (χ3v) is 2.96. The zero-order valence-electron chi connectivity index (χ0n) is 9.87. The van der Waals surface area contributed by atoms with Crippen LogP contribution in [0.15, 0.2) is 49.1 Å². The predicted octanol–water partition coefficient (Wildman–Crippen LogP) is 2.27. The number of fused-ring (bicyclic) bond motifs is 1. The number of nitrogens with zero attached hydrogens (tertiary/aromatic N) is 3. The molecule has 0 bridgehead atoms. The van der Waals surface area contributed by atoms with Gasteiger partial charge in [0.25, 0.3) is 0 Å². The summed E-state index contributed by atoms with van der Waals surface area (Å²) < 4.78 is 1.65. The number of hydrogen-bond acceptors (Lipinski definition) is 3. The molecule has 3 aromatic rings. The quantitative estimate of drug-likeness (QED) is 0.642. The topological polar surface area (TPSA) is 47.3 Å². The summed E-state index contributed by atoms with van der Waals surface area (Å²) in [6.07, 6.45) is 6.61. The molecule has 3 rings (SSSR count). The first kappa shape index (κ1) is 10.7. The van der Waals surface area contributed by atoms with Gasteiger partial charge in [-0.05, 0) is 12.5 Å². The highest BCUT2D eigenvalue weighted by atomic mass is 16.1. The van der Waals surface area contributed by atoms with Crippen LogP contribution in [0.4, 0.5) is 0 Å². The Bertz CT molecular complexity index is 730. The summed E-state index contributed by atoms with van der Waals surface area (Å²) in [6, 6.07) is 7.54. The number of carbonyl (C=O) groups excluding carboxylic acids is 1. The number of rotatable bonds is 2. The van der Waals surface area contributed by atoms with Crippen LogP contribution in [-0.4, -0.2) is 20.4 Å². The number of aryl methyl sites for hydroxylation is 1. The molecule has 88 valence electrons. The van der Waals surface area contributed by atoms with Gasteiger partial charge in [-0.2, -0.15) is 5.10 Å². The molecular formula is C14H11N3O. The van der Waals surface area contributed by atoms with Gasteiger partial charge in [0.15, 0.2) is 5.78 Å². The third-order valence-electron chi connectivity index (χ3n) is 2.96. The van der Waals surface area contributed by atoms with Gasteiger partial charge in [0.2, 0.25) is 0 Å². The van der Waals surface area contributed by atoms with Crippen LogP contribution < -0.4 is 0 Å². The van der Waals surface area contributed by atoms with Crippen LogP contribution in [0, 0.1) is 6.92 Å². The summed E-state index contributed by atoms with van der Waals surface area (Å²) in [5.41, 5.74) is 2.98. The van der Waals surface area contributed by atoms with Gasteiger partial charge in [0.05, 0.1) is 23.5 Å². The molecule has 0 aliphatic heterocycles. The lowest BCUT2D eigenvalue weighted by molar-refractivity contribution is 0.103. The van der Waals surface area contributed by atoms with Gasteiger partial charge >= 0.3 is 0 Å². The Balaban J connectivity index is 2.16. The largest absolute Gasteiger partial charge is 0.288 e. The highest BCUT2D eigenvalue weighted by Gasteiger charge is 2.16. The molecule has 0 atom stereocenters. The fourth-order valence-electron chi connectivity index (χ4n) is 1.98. The standard InChI is InChI=1S/C14H11N3O/c1-10-4-2-3-5-11(10)14(18)12-8-16-17-7-6-15-9-13(12)17/h2-9H,1H3. The van der Waals surface area contributed by atoms with Crippen molar-refractivity contribution in [3.05, 3.63) is 65.7 Å². The van der Waals surface area contributed by atoms with E-state index in [0.29, 0.717) is 11.1 Å². The van der Waals surface area contributed by atoms with Gasteiger partial charge in [-0.25, -0.2) is 4.52 Å². The third kappa shape index (κ3) is 1.59. The van der Waals surface area contributed by atoms with Crippen LogP contribution in [0.1, 0.15) is 21.5 Å². The Labute approximate surface area is 104 Å². The van der Waals surface area contributed by atoms with Gasteiger partial charge in [-0.1, -0.05) is 24.3 Å². The van der Waals surface area contributed by atoms with E-state index in [9.17, 15) is 4.79 Å². The van der Waals surface area contributed by atoms with Crippen molar-refractivity contribution in [3.63, 3.8) is 0 Å². The van der Waals surface area contributed by atoms with E-state index >= 15 is 0 Å². The summed E-state index contributed by atoms with van der Waals surface area (Å²) >= 11 is 0. The maximum Gasteiger partial charge on any atom is 0.197 e. The normalized spacial score (nSPS) is 10.7. The van der Waals surface area contributed by atoms with Crippen LogP contribution in [-0.2, 0) is 0 Å². The summed E-state index contributed by atoms with van der Waals surface area (Å²) in [5, 5.41) is 4.15. The first-order valence-corrected chi connectivity index (χ1v) is 5.65. The van der Waals surface area contributed by atoms with Crippen LogP contribution >= 0.6 is 0 Å². The van der Waals surface area contributed by atoms with Crippen molar-refractivity contribution in [1.82, 2.24) is 14.6 Å². The number of aromatic nitrogens is 3. The average Bonchev–Trinajstić information content (AvgIpc) is 2.82. The first-order valence-electron chi connectivity index (χ1n) is 5.65. The molecule has 0 N–H and O–H groups in total. The van der Waals surface area contributed by atoms with E-state index in [1.54, 1.807) is 29.3 Å². The molecule has 1 aromatic carbocycles. The van der Waals surface area contributed by atoms with Gasteiger partial charge in [0.1, 0.15) is 0 Å². The molecular weight excluding hydrogens is 226 g/mol. The van der Waals surface area contributed by atoms with Crippen molar-refractivity contribution in [2.75, 3.05) is 0 Å². The fraction of sp³-hybridized carbons (Fsp3) is 0.0714. The Hall–Kier alpha value is -2.49. The van der Waals surface area contributed by atoms with E-state index in [1.165, 1.54) is 0 Å². The van der Waals surface area contributed by atoms with Gasteiger partial charge in [-0.15, -0.1) is 0 Å². The minimum Gasteiger partial charge on any atom is -0.288 e. The minimum absolute atomic E-state index is 0.0175. The van der Waals surface area contributed by atoms with E-state index in [4.69, 9.17) is 0 Å². The molecule has 2 aromatic heterocycles. The second kappa shape index (κ2) is 4.07. The Kier molecular flexibility index (Phi) is 2.41. The highest BCUT2D eigenvalue weighted by molar-refractivity contribution is 6.13. The summed E-state index contributed by atoms with van der Waals surface area (Å²) in [7, 11) is 0. The Morgan fingerprint density at radius 2 is 2.00 bits per heavy atom. The zero-order chi connectivity index (χ0) is 12.5. The second-order valence-corrected chi connectivity index (χ2v) is 4.11. The van der Waals surface area contributed by atoms with E-state index in [1.807, 2.05) is 31.2 Å². The van der Waals surface area contributed by atoms with Gasteiger partial charge < -0.3 is 0 Å². The molecule has 0 radical (unpaired) electrons. The van der Waals surface area contributed by atoms with Crippen LogP contribution in [0.2, 0.25) is 0 Å². The zero-order valence-corrected chi connectivity index (χ0v) is 9.87. The Morgan fingerprint density at radius 1 is 1.17 bits per heavy atom. The molecule has 0 spiro atoms. The molecule has 18 heavy (non-hydrogen) atoms. The van der Waals surface area contributed by atoms with Crippen molar-refractivity contribution in [2.24, 2.45) is 0 Å². The van der Waals surface area contributed by atoms with Crippen LogP contribution in [0.25, 0.3) is 5.52 Å². The van der Waals surface area contributed by atoms with Crippen molar-refractivity contribution >= 4 is 11.3 Å². The molecule has 0 saturated heterocycles. The molecule has 0 aliphatic rings. The number of benzene rings is 1. The fourth-order valence-corrected chi connectivity index (χ4v) is 1.98. The highest BCUT2D eigenvalue weighted by Crippen LogP contribution is 2.17. The predicted molar refractivity (Wildman–Crippen MR) is 67.6 cm³/mol. The Morgan fingerprint density at radius 3 is 2.83 bits per heavy atom. The molecule has 0 fully saturated rings. The van der Waals surface area contributed by atoms with E-state index in [0.717, 1.165) is 11.1 Å². The molecule has 2 heterocycles. The molecule has 0 amide bonds. The second-order valence-electron chi connectivity index (χ2n) is 4.11. The van der Waals surface area contributed by atoms with E-state index in [-0.39, 0.29) is 5.78 Å². The van der Waals surface area contributed by atoms with Crippen molar-refractivity contribution in [3.8, 4) is 0 Å². The van der Waals surface area contributed by atoms with Crippen LogP contribution in [0.5, 0.6) is 0 Å². The summed E-state index contributed by atoms with van der Waals surface area (Å²) in [4.78, 5) is 16.5. The first-order chi connectivity index (χ1) is 8.77. The summed E-state index contributed by atoms with van der Waals surface area (Å²) in [5.74, 6) is -0.0175. The van der Waals surface area contributed by atoms with E-state index < -0.39 is 0 Å². The number of carbonyl (C=O) groups is 1. The monoisotopic (exact) mass is 237 g/mol. The average molecular weight is 237 g/mol. The van der Waals surface area contributed by atoms with Crippen molar-refractivity contribution in [1.29, 1.82) is 0 Å². The molecule has 0 unspecified atom stereocenters. The maximum atomic E-state index is 12.5. The lowest BCUT2D eigenvalue weighted by Crippen LogP contribution is -2.03. The molecule has 0 saturated carbocycles. The maximum absolute atomic E-state index is 12.5. The molecule has 4 heteroatoms. The number of hydrogen-bond donors (Lipinski definition) is 0. The lowest BCUT2D eigenvalue weighted by Gasteiger charge is -2.02. The SMILES string of the molecule is Cc1ccccc1C(=O)c1cnn2ccncc12. The lowest BCUT2D eigenvalue weighted by atomic mass is 10.0. The van der Waals surface area contributed by atoms with E-state index in [2.05, 4.69) is 10.1 Å². The van der Waals surface area contributed by atoms with Gasteiger partial charge in [0, 0.05) is 18.0 Å². The molecule has 0 aliphatic carbocycles. The summed E-state index contributed by atoms with van der Waals surface area (Å²) in [6.45, 7) is 1.93. The van der Waals surface area contributed by atoms with Crippen molar-refractivity contribution < 1.29 is 4.79 Å². The van der Waals surface area contributed by atoms with Crippen LogP contribution in [0.3, 0.4) is 0 Å². The van der Waals surface area contributed by atoms with Gasteiger partial charge in [-0.3, -0.25) is 9.78 Å². The number of ketones is 1. The smallest absolute Gasteiger partial charge is 0.197 e. The van der Waals surface area contributed by atoms with Crippen molar-refractivity contribution in [2.45, 2.75) is 6.92 Å². The minimum atomic E-state index is -0.0175.